The molecule has 116 valence electrons. The van der Waals surface area contributed by atoms with Crippen LogP contribution in [0.3, 0.4) is 0 Å². The Morgan fingerprint density at radius 2 is 1.86 bits per heavy atom. The molecule has 1 aliphatic rings. The molecule has 0 saturated heterocycles. The van der Waals surface area contributed by atoms with Crippen LogP contribution in [-0.2, 0) is 19.1 Å². The van der Waals surface area contributed by atoms with Gasteiger partial charge in [-0.2, -0.15) is 0 Å². The largest absolute Gasteiger partial charge is 0.468 e. The van der Waals surface area contributed by atoms with E-state index in [1.807, 2.05) is 0 Å². The van der Waals surface area contributed by atoms with Gasteiger partial charge in [-0.25, -0.2) is 13.6 Å². The Morgan fingerprint density at radius 3 is 2.45 bits per heavy atom. The van der Waals surface area contributed by atoms with Crippen molar-refractivity contribution in [3.63, 3.8) is 0 Å². The number of esters is 2. The van der Waals surface area contributed by atoms with Crippen molar-refractivity contribution in [2.75, 3.05) is 14.2 Å². The number of carbonyl (C=O) groups excluding carboxylic acids is 2. The summed E-state index contributed by atoms with van der Waals surface area (Å²) in [6, 6.07) is 3.17. The zero-order chi connectivity index (χ0) is 16.3. The Morgan fingerprint density at radius 1 is 1.14 bits per heavy atom. The maximum Gasteiger partial charge on any atom is 0.335 e. The van der Waals surface area contributed by atoms with E-state index in [0.29, 0.717) is 0 Å². The highest BCUT2D eigenvalue weighted by Crippen LogP contribution is 2.35. The first-order valence-corrected chi connectivity index (χ1v) is 6.34. The fraction of sp³-hybridized carbons (Fsp3) is 0.267. The van der Waals surface area contributed by atoms with Gasteiger partial charge in [-0.05, 0) is 17.7 Å². The van der Waals surface area contributed by atoms with Crippen molar-refractivity contribution in [2.45, 2.75) is 5.92 Å². The molecule has 2 unspecified atom stereocenters. The molecule has 0 amide bonds. The van der Waals surface area contributed by atoms with Gasteiger partial charge >= 0.3 is 11.9 Å². The van der Waals surface area contributed by atoms with Gasteiger partial charge in [-0.3, -0.25) is 9.79 Å². The van der Waals surface area contributed by atoms with Gasteiger partial charge in [0.05, 0.1) is 19.8 Å². The predicted octanol–water partition coefficient (Wildman–Crippen LogP) is 1.98. The third kappa shape index (κ3) is 2.88. The maximum atomic E-state index is 13.5. The van der Waals surface area contributed by atoms with E-state index in [0.717, 1.165) is 12.1 Å². The summed E-state index contributed by atoms with van der Waals surface area (Å²) in [7, 11) is 2.37. The van der Waals surface area contributed by atoms with E-state index in [9.17, 15) is 18.4 Å². The highest BCUT2D eigenvalue weighted by Gasteiger charge is 2.37. The van der Waals surface area contributed by atoms with Crippen LogP contribution < -0.4 is 0 Å². The Hall–Kier alpha value is -2.57. The molecule has 1 aromatic rings. The maximum absolute atomic E-state index is 13.5. The highest BCUT2D eigenvalue weighted by molar-refractivity contribution is 5.99. The standard InChI is InChI=1S/C15H13F2NO4/c1-21-14(19)9-6-18-7-10(15(20)22-2)13(9)8-3-4-11(16)12(17)5-8/h3-7,9,13H,1-2H3. The highest BCUT2D eigenvalue weighted by atomic mass is 19.2. The van der Waals surface area contributed by atoms with Crippen LogP contribution in [0.15, 0.2) is 35.0 Å². The van der Waals surface area contributed by atoms with E-state index >= 15 is 0 Å². The van der Waals surface area contributed by atoms with Crippen LogP contribution in [0.1, 0.15) is 11.5 Å². The van der Waals surface area contributed by atoms with Crippen molar-refractivity contribution in [1.82, 2.24) is 0 Å². The first-order chi connectivity index (χ1) is 10.5. The predicted molar refractivity (Wildman–Crippen MR) is 73.2 cm³/mol. The number of hydrogen-bond donors (Lipinski definition) is 0. The van der Waals surface area contributed by atoms with Crippen LogP contribution in [0.25, 0.3) is 0 Å². The van der Waals surface area contributed by atoms with Crippen molar-refractivity contribution < 1.29 is 27.8 Å². The molecule has 0 aromatic heterocycles. The molecule has 5 nitrogen and oxygen atoms in total. The number of halogens is 2. The molecular weight excluding hydrogens is 296 g/mol. The van der Waals surface area contributed by atoms with E-state index in [2.05, 4.69) is 14.5 Å². The summed E-state index contributed by atoms with van der Waals surface area (Å²) in [6.45, 7) is 0. The molecule has 0 fully saturated rings. The third-order valence-corrected chi connectivity index (χ3v) is 3.35. The van der Waals surface area contributed by atoms with Gasteiger partial charge in [0, 0.05) is 18.3 Å². The molecule has 1 aliphatic heterocycles. The minimum Gasteiger partial charge on any atom is -0.468 e. The quantitative estimate of drug-likeness (QED) is 0.801. The molecule has 0 saturated carbocycles. The van der Waals surface area contributed by atoms with E-state index in [1.165, 1.54) is 32.7 Å². The molecule has 0 aliphatic carbocycles. The number of rotatable bonds is 3. The molecule has 0 spiro atoms. The van der Waals surface area contributed by atoms with E-state index in [1.54, 1.807) is 0 Å². The molecule has 2 atom stereocenters. The average molecular weight is 309 g/mol. The Kier molecular flexibility index (Phi) is 4.65. The number of methoxy groups -OCH3 is 2. The normalized spacial score (nSPS) is 20.3. The van der Waals surface area contributed by atoms with E-state index in [-0.39, 0.29) is 11.1 Å². The van der Waals surface area contributed by atoms with Crippen molar-refractivity contribution in [3.05, 3.63) is 47.2 Å². The van der Waals surface area contributed by atoms with Crippen molar-refractivity contribution in [1.29, 1.82) is 0 Å². The second-order valence-electron chi connectivity index (χ2n) is 4.57. The number of aliphatic imine (C=N–C) groups is 1. The van der Waals surface area contributed by atoms with E-state index in [4.69, 9.17) is 0 Å². The summed E-state index contributed by atoms with van der Waals surface area (Å²) in [6.07, 6.45) is 2.53. The third-order valence-electron chi connectivity index (χ3n) is 3.35. The smallest absolute Gasteiger partial charge is 0.335 e. The zero-order valence-corrected chi connectivity index (χ0v) is 11.9. The molecule has 22 heavy (non-hydrogen) atoms. The molecule has 0 bridgehead atoms. The van der Waals surface area contributed by atoms with Crippen LogP contribution >= 0.6 is 0 Å². The van der Waals surface area contributed by atoms with Crippen molar-refractivity contribution in [2.24, 2.45) is 10.9 Å². The molecule has 7 heteroatoms. The fourth-order valence-corrected chi connectivity index (χ4v) is 2.30. The summed E-state index contributed by atoms with van der Waals surface area (Å²) in [5.74, 6) is -5.26. The van der Waals surface area contributed by atoms with Crippen LogP contribution in [0.4, 0.5) is 8.78 Å². The first-order valence-electron chi connectivity index (χ1n) is 6.34. The van der Waals surface area contributed by atoms with Gasteiger partial charge in [-0.1, -0.05) is 6.07 Å². The minimum atomic E-state index is -1.08. The summed E-state index contributed by atoms with van der Waals surface area (Å²) >= 11 is 0. The lowest BCUT2D eigenvalue weighted by Gasteiger charge is -2.26. The SMILES string of the molecule is COC(=O)C1=CN=CC(C(=O)OC)C1c1ccc(F)c(F)c1. The number of carbonyl (C=O) groups is 2. The van der Waals surface area contributed by atoms with E-state index < -0.39 is 35.4 Å². The van der Waals surface area contributed by atoms with Crippen LogP contribution in [-0.4, -0.2) is 32.4 Å². The summed E-state index contributed by atoms with van der Waals surface area (Å²) in [4.78, 5) is 27.6. The van der Waals surface area contributed by atoms with Gasteiger partial charge in [0.25, 0.3) is 0 Å². The number of benzene rings is 1. The Bertz CT molecular complexity index is 670. The molecule has 0 radical (unpaired) electrons. The minimum absolute atomic E-state index is 0.0615. The van der Waals surface area contributed by atoms with Crippen molar-refractivity contribution >= 4 is 18.2 Å². The average Bonchev–Trinajstić information content (AvgIpc) is 2.55. The molecule has 1 heterocycles. The van der Waals surface area contributed by atoms with Gasteiger partial charge in [-0.15, -0.1) is 0 Å². The van der Waals surface area contributed by atoms with Crippen molar-refractivity contribution in [3.8, 4) is 0 Å². The number of ether oxygens (including phenoxy) is 2. The first kappa shape index (κ1) is 15.8. The Labute approximate surface area is 125 Å². The van der Waals surface area contributed by atoms with Gasteiger partial charge < -0.3 is 9.47 Å². The molecule has 0 N–H and O–H groups in total. The summed E-state index contributed by atoms with van der Waals surface area (Å²) < 4.78 is 35.9. The second-order valence-corrected chi connectivity index (χ2v) is 4.57. The summed E-state index contributed by atoms with van der Waals surface area (Å²) in [5.41, 5.74) is 0.309. The van der Waals surface area contributed by atoms with Gasteiger partial charge in [0.15, 0.2) is 11.6 Å². The molecule has 1 aromatic carbocycles. The van der Waals surface area contributed by atoms with Crippen LogP contribution in [0.5, 0.6) is 0 Å². The lowest BCUT2D eigenvalue weighted by molar-refractivity contribution is -0.143. The zero-order valence-electron chi connectivity index (χ0n) is 11.9. The topological polar surface area (TPSA) is 65.0 Å². The second kappa shape index (κ2) is 6.46. The van der Waals surface area contributed by atoms with Gasteiger partial charge in [0.2, 0.25) is 0 Å². The van der Waals surface area contributed by atoms with Crippen LogP contribution in [0.2, 0.25) is 0 Å². The molecule has 2 rings (SSSR count). The number of nitrogens with zero attached hydrogens (tertiary/aromatic N) is 1. The summed E-state index contributed by atoms with van der Waals surface area (Å²) in [5, 5.41) is 0. The van der Waals surface area contributed by atoms with Gasteiger partial charge in [0.1, 0.15) is 5.92 Å². The lowest BCUT2D eigenvalue weighted by atomic mass is 9.80. The lowest BCUT2D eigenvalue weighted by Crippen LogP contribution is -2.31. The monoisotopic (exact) mass is 309 g/mol. The molecular formula is C15H13F2NO4. The fourth-order valence-electron chi connectivity index (χ4n) is 2.30. The van der Waals surface area contributed by atoms with Crippen LogP contribution in [0, 0.1) is 17.6 Å². The number of hydrogen-bond acceptors (Lipinski definition) is 5. The Balaban J connectivity index is 2.53.